The summed E-state index contributed by atoms with van der Waals surface area (Å²) >= 11 is 0. The summed E-state index contributed by atoms with van der Waals surface area (Å²) in [5, 5.41) is 0. The molecule has 0 spiro atoms. The number of hydrogen-bond acceptors (Lipinski definition) is 3. The van der Waals surface area contributed by atoms with Gasteiger partial charge in [-0.25, -0.2) is 0 Å². The Morgan fingerprint density at radius 2 is 2.08 bits per heavy atom. The number of hydrogen-bond donors (Lipinski definition) is 2. The lowest BCUT2D eigenvalue weighted by atomic mass is 10.0. The predicted molar refractivity (Wildman–Crippen MR) is 50.4 cm³/mol. The Bertz CT molecular complexity index is 258. The van der Waals surface area contributed by atoms with Crippen molar-refractivity contribution in [3.05, 3.63) is 24.0 Å². The number of nitrogen functional groups attached to an aromatic ring is 1. The van der Waals surface area contributed by atoms with Gasteiger partial charge in [-0.05, 0) is 18.1 Å². The number of nitrogens with zero attached hydrogens (tertiary/aromatic N) is 1. The molecule has 0 saturated carbocycles. The van der Waals surface area contributed by atoms with E-state index in [4.69, 9.17) is 11.5 Å². The Hall–Kier alpha value is -1.09. The zero-order valence-electron chi connectivity index (χ0n) is 7.49. The topological polar surface area (TPSA) is 64.9 Å². The maximum absolute atomic E-state index is 5.90. The minimum atomic E-state index is -0.0637. The minimum Gasteiger partial charge on any atom is -0.397 e. The Balaban J connectivity index is 2.94. The van der Waals surface area contributed by atoms with Gasteiger partial charge in [0.15, 0.2) is 0 Å². The standard InChI is InChI=1S/C9H15N3/c1-6(2)8(11)9-7(10)4-3-5-12-9/h3-6,8H,10-11H2,1-2H3. The van der Waals surface area contributed by atoms with Crippen LogP contribution in [0.4, 0.5) is 5.69 Å². The summed E-state index contributed by atoms with van der Waals surface area (Å²) in [6, 6.07) is 3.57. The summed E-state index contributed by atoms with van der Waals surface area (Å²) in [4.78, 5) is 4.15. The van der Waals surface area contributed by atoms with Gasteiger partial charge < -0.3 is 11.5 Å². The molecule has 0 radical (unpaired) electrons. The maximum Gasteiger partial charge on any atom is 0.0802 e. The summed E-state index contributed by atoms with van der Waals surface area (Å²) in [5.74, 6) is 0.363. The number of pyridine rings is 1. The first kappa shape index (κ1) is 9.00. The van der Waals surface area contributed by atoms with Crippen molar-refractivity contribution in [2.45, 2.75) is 19.9 Å². The smallest absolute Gasteiger partial charge is 0.0802 e. The second-order valence-corrected chi connectivity index (χ2v) is 3.25. The molecule has 1 aromatic rings. The second-order valence-electron chi connectivity index (χ2n) is 3.25. The molecule has 66 valence electrons. The van der Waals surface area contributed by atoms with Crippen molar-refractivity contribution in [3.8, 4) is 0 Å². The first-order valence-electron chi connectivity index (χ1n) is 4.09. The van der Waals surface area contributed by atoms with E-state index in [-0.39, 0.29) is 6.04 Å². The number of anilines is 1. The molecule has 1 atom stereocenters. The molecule has 0 bridgehead atoms. The fourth-order valence-corrected chi connectivity index (χ4v) is 1.02. The van der Waals surface area contributed by atoms with E-state index in [1.165, 1.54) is 0 Å². The van der Waals surface area contributed by atoms with E-state index in [1.807, 2.05) is 12.1 Å². The Morgan fingerprint density at radius 3 is 2.58 bits per heavy atom. The quantitative estimate of drug-likeness (QED) is 0.694. The highest BCUT2D eigenvalue weighted by Gasteiger charge is 2.13. The Labute approximate surface area is 72.8 Å². The average molecular weight is 165 g/mol. The third-order valence-corrected chi connectivity index (χ3v) is 1.91. The van der Waals surface area contributed by atoms with E-state index < -0.39 is 0 Å². The molecule has 3 nitrogen and oxygen atoms in total. The second kappa shape index (κ2) is 3.54. The van der Waals surface area contributed by atoms with Crippen LogP contribution in [0.25, 0.3) is 0 Å². The zero-order valence-corrected chi connectivity index (χ0v) is 7.49. The van der Waals surface area contributed by atoms with Gasteiger partial charge in [0.25, 0.3) is 0 Å². The van der Waals surface area contributed by atoms with Crippen molar-refractivity contribution in [1.82, 2.24) is 4.98 Å². The molecule has 1 rings (SSSR count). The molecule has 3 heteroatoms. The molecule has 1 heterocycles. The molecule has 0 aliphatic rings. The lowest BCUT2D eigenvalue weighted by Gasteiger charge is -2.16. The third-order valence-electron chi connectivity index (χ3n) is 1.91. The summed E-state index contributed by atoms with van der Waals surface area (Å²) in [6.07, 6.45) is 1.72. The van der Waals surface area contributed by atoms with Gasteiger partial charge in [0.1, 0.15) is 0 Å². The maximum atomic E-state index is 5.90. The van der Waals surface area contributed by atoms with Crippen LogP contribution < -0.4 is 11.5 Å². The average Bonchev–Trinajstić information content (AvgIpc) is 2.04. The first-order chi connectivity index (χ1) is 5.63. The van der Waals surface area contributed by atoms with Crippen molar-refractivity contribution >= 4 is 5.69 Å². The molecule has 4 N–H and O–H groups in total. The van der Waals surface area contributed by atoms with Crippen LogP contribution in [0.3, 0.4) is 0 Å². The van der Waals surface area contributed by atoms with Gasteiger partial charge >= 0.3 is 0 Å². The van der Waals surface area contributed by atoms with Crippen LogP contribution in [-0.2, 0) is 0 Å². The molecule has 0 aliphatic carbocycles. The first-order valence-corrected chi connectivity index (χ1v) is 4.09. The Kier molecular flexibility index (Phi) is 2.65. The van der Waals surface area contributed by atoms with Crippen molar-refractivity contribution in [3.63, 3.8) is 0 Å². The van der Waals surface area contributed by atoms with Crippen LogP contribution in [-0.4, -0.2) is 4.98 Å². The van der Waals surface area contributed by atoms with E-state index in [9.17, 15) is 0 Å². The zero-order chi connectivity index (χ0) is 9.14. The summed E-state index contributed by atoms with van der Waals surface area (Å²) in [6.45, 7) is 4.11. The number of rotatable bonds is 2. The lowest BCUT2D eigenvalue weighted by Crippen LogP contribution is -2.19. The van der Waals surface area contributed by atoms with Gasteiger partial charge in [-0.15, -0.1) is 0 Å². The highest BCUT2D eigenvalue weighted by atomic mass is 14.8. The van der Waals surface area contributed by atoms with Crippen molar-refractivity contribution in [2.75, 3.05) is 5.73 Å². The SMILES string of the molecule is CC(C)C(N)c1ncccc1N. The van der Waals surface area contributed by atoms with Crippen molar-refractivity contribution < 1.29 is 0 Å². The molecule has 0 fully saturated rings. The van der Waals surface area contributed by atoms with Gasteiger partial charge in [-0.3, -0.25) is 4.98 Å². The van der Waals surface area contributed by atoms with Crippen molar-refractivity contribution in [1.29, 1.82) is 0 Å². The van der Waals surface area contributed by atoms with E-state index in [0.29, 0.717) is 11.6 Å². The fraction of sp³-hybridized carbons (Fsp3) is 0.444. The monoisotopic (exact) mass is 165 g/mol. The van der Waals surface area contributed by atoms with Gasteiger partial charge in [0.2, 0.25) is 0 Å². The van der Waals surface area contributed by atoms with E-state index in [2.05, 4.69) is 18.8 Å². The lowest BCUT2D eigenvalue weighted by molar-refractivity contribution is 0.504. The summed E-state index contributed by atoms with van der Waals surface area (Å²) in [5.41, 5.74) is 13.1. The highest BCUT2D eigenvalue weighted by molar-refractivity contribution is 5.43. The third kappa shape index (κ3) is 1.74. The molecular formula is C9H15N3. The fourth-order valence-electron chi connectivity index (χ4n) is 1.02. The molecule has 0 amide bonds. The van der Waals surface area contributed by atoms with Crippen LogP contribution in [0.15, 0.2) is 18.3 Å². The minimum absolute atomic E-state index is 0.0637. The molecule has 0 saturated heterocycles. The number of aromatic nitrogens is 1. The van der Waals surface area contributed by atoms with Crippen LogP contribution >= 0.6 is 0 Å². The van der Waals surface area contributed by atoms with E-state index in [0.717, 1.165) is 5.69 Å². The predicted octanol–water partition coefficient (Wildman–Crippen LogP) is 1.32. The van der Waals surface area contributed by atoms with Crippen LogP contribution in [0.5, 0.6) is 0 Å². The van der Waals surface area contributed by atoms with Gasteiger partial charge in [0, 0.05) is 6.20 Å². The number of nitrogens with two attached hydrogens (primary N) is 2. The van der Waals surface area contributed by atoms with E-state index >= 15 is 0 Å². The molecule has 0 aromatic carbocycles. The van der Waals surface area contributed by atoms with Gasteiger partial charge in [0.05, 0.1) is 17.4 Å². The molecule has 12 heavy (non-hydrogen) atoms. The van der Waals surface area contributed by atoms with Crippen molar-refractivity contribution in [2.24, 2.45) is 11.7 Å². The molecule has 0 aliphatic heterocycles. The summed E-state index contributed by atoms with van der Waals surface area (Å²) in [7, 11) is 0. The van der Waals surface area contributed by atoms with Crippen LogP contribution in [0, 0.1) is 5.92 Å². The van der Waals surface area contributed by atoms with Crippen LogP contribution in [0.2, 0.25) is 0 Å². The summed E-state index contributed by atoms with van der Waals surface area (Å²) < 4.78 is 0. The normalized spacial score (nSPS) is 13.3. The van der Waals surface area contributed by atoms with Gasteiger partial charge in [-0.2, -0.15) is 0 Å². The molecule has 1 aromatic heterocycles. The van der Waals surface area contributed by atoms with Crippen LogP contribution in [0.1, 0.15) is 25.6 Å². The Morgan fingerprint density at radius 1 is 1.42 bits per heavy atom. The molecule has 1 unspecified atom stereocenters. The highest BCUT2D eigenvalue weighted by Crippen LogP contribution is 2.21. The van der Waals surface area contributed by atoms with E-state index in [1.54, 1.807) is 6.20 Å². The van der Waals surface area contributed by atoms with Gasteiger partial charge in [-0.1, -0.05) is 13.8 Å². The largest absolute Gasteiger partial charge is 0.397 e. The molecular weight excluding hydrogens is 150 g/mol.